The number of carbonyl (C=O) groups is 1. The van der Waals surface area contributed by atoms with E-state index in [-0.39, 0.29) is 18.0 Å². The van der Waals surface area contributed by atoms with Gasteiger partial charge >= 0.3 is 0 Å². The van der Waals surface area contributed by atoms with E-state index in [1.165, 1.54) is 0 Å². The number of nitrogens with one attached hydrogen (secondary N) is 1. The highest BCUT2D eigenvalue weighted by Crippen LogP contribution is 2.14. The van der Waals surface area contributed by atoms with Crippen molar-refractivity contribution in [2.75, 3.05) is 26.2 Å². The summed E-state index contributed by atoms with van der Waals surface area (Å²) in [5.41, 5.74) is 0.411. The molecule has 0 unspecified atom stereocenters. The number of rotatable bonds is 10. The van der Waals surface area contributed by atoms with Gasteiger partial charge in [0.25, 0.3) is 11.9 Å². The molecule has 0 aromatic heterocycles. The summed E-state index contributed by atoms with van der Waals surface area (Å²) in [6, 6.07) is 7.28. The first-order chi connectivity index (χ1) is 12.9. The Morgan fingerprint density at radius 3 is 2.48 bits per heavy atom. The van der Waals surface area contributed by atoms with E-state index in [4.69, 9.17) is 16.3 Å². The van der Waals surface area contributed by atoms with Crippen LogP contribution in [-0.4, -0.2) is 49.1 Å². The van der Waals surface area contributed by atoms with Crippen LogP contribution in [-0.2, 0) is 4.74 Å². The fourth-order valence-corrected chi connectivity index (χ4v) is 2.80. The number of aliphatic imine (C=N–C) groups is 1. The second-order valence-electron chi connectivity index (χ2n) is 7.09. The number of hydrogen-bond donors (Lipinski definition) is 1. The molecule has 1 aromatic rings. The van der Waals surface area contributed by atoms with Crippen LogP contribution in [0, 0.1) is 5.92 Å². The van der Waals surface area contributed by atoms with Gasteiger partial charge in [0.05, 0.1) is 23.2 Å². The molecule has 1 N–H and O–H groups in total. The van der Waals surface area contributed by atoms with Crippen molar-refractivity contribution in [3.05, 3.63) is 34.9 Å². The maximum absolute atomic E-state index is 12.5. The van der Waals surface area contributed by atoms with Crippen molar-refractivity contribution in [3.63, 3.8) is 0 Å². The third kappa shape index (κ3) is 9.25. The van der Waals surface area contributed by atoms with E-state index in [0.29, 0.717) is 23.1 Å². The van der Waals surface area contributed by atoms with Crippen molar-refractivity contribution in [2.45, 2.75) is 53.5 Å². The van der Waals surface area contributed by atoms with E-state index in [1.807, 2.05) is 6.92 Å². The fourth-order valence-electron chi connectivity index (χ4n) is 2.58. The normalized spacial score (nSPS) is 13.1. The number of amidine groups is 1. The second kappa shape index (κ2) is 12.7. The van der Waals surface area contributed by atoms with Gasteiger partial charge in [-0.25, -0.2) is 4.99 Å². The van der Waals surface area contributed by atoms with Crippen molar-refractivity contribution in [1.82, 2.24) is 10.2 Å². The summed E-state index contributed by atoms with van der Waals surface area (Å²) in [6.45, 7) is 14.2. The van der Waals surface area contributed by atoms with Gasteiger partial charge in [-0.05, 0) is 57.5 Å². The third-order valence-electron chi connectivity index (χ3n) is 4.22. The Balaban J connectivity index is 2.72. The Kier molecular flexibility index (Phi) is 11.1. The molecule has 0 bridgehead atoms. The first-order valence-electron chi connectivity index (χ1n) is 9.86. The van der Waals surface area contributed by atoms with E-state index >= 15 is 0 Å². The topological polar surface area (TPSA) is 53.9 Å². The van der Waals surface area contributed by atoms with Gasteiger partial charge in [-0.1, -0.05) is 51.4 Å². The molecule has 152 valence electrons. The van der Waals surface area contributed by atoms with Crippen molar-refractivity contribution in [3.8, 4) is 0 Å². The van der Waals surface area contributed by atoms with Gasteiger partial charge in [0.2, 0.25) is 0 Å². The number of amides is 1. The van der Waals surface area contributed by atoms with Gasteiger partial charge < -0.3 is 9.64 Å². The van der Waals surface area contributed by atoms with E-state index in [2.05, 4.69) is 42.9 Å². The molecule has 0 aliphatic carbocycles. The molecule has 1 amide bonds. The van der Waals surface area contributed by atoms with Crippen molar-refractivity contribution < 1.29 is 9.53 Å². The predicted octanol–water partition coefficient (Wildman–Crippen LogP) is 4.61. The lowest BCUT2D eigenvalue weighted by molar-refractivity contribution is 0.0963. The van der Waals surface area contributed by atoms with Crippen LogP contribution in [0.1, 0.15) is 57.8 Å². The number of hydrogen-bond acceptors (Lipinski definition) is 4. The summed E-state index contributed by atoms with van der Waals surface area (Å²) >= 11 is 6.12. The Bertz CT molecular complexity index is 601. The molecule has 0 spiro atoms. The molecule has 5 nitrogen and oxygen atoms in total. The Morgan fingerprint density at radius 2 is 1.89 bits per heavy atom. The number of ether oxygens (including phenoxy) is 1. The monoisotopic (exact) mass is 395 g/mol. The lowest BCUT2D eigenvalue weighted by atomic mass is 10.2. The molecule has 1 aromatic carbocycles. The van der Waals surface area contributed by atoms with E-state index in [9.17, 15) is 4.79 Å². The maximum Gasteiger partial charge on any atom is 0.291 e. The Labute approximate surface area is 169 Å². The molecular weight excluding hydrogens is 362 g/mol. The van der Waals surface area contributed by atoms with Gasteiger partial charge in [0.15, 0.2) is 0 Å². The largest absolute Gasteiger partial charge is 0.465 e. The SMILES string of the molecule is CCN(CC)CCC[C@H](C)N=C(NC(=O)c1ccccc1Cl)OCC(C)C. The zero-order chi connectivity index (χ0) is 20.2. The first kappa shape index (κ1) is 23.4. The minimum atomic E-state index is -0.307. The number of carbonyl (C=O) groups excluding carboxylic acids is 1. The quantitative estimate of drug-likeness (QED) is 0.465. The van der Waals surface area contributed by atoms with Crippen LogP contribution in [0.5, 0.6) is 0 Å². The summed E-state index contributed by atoms with van der Waals surface area (Å²) in [4.78, 5) is 19.5. The van der Waals surface area contributed by atoms with Crippen LogP contribution in [0.4, 0.5) is 0 Å². The van der Waals surface area contributed by atoms with E-state index in [1.54, 1.807) is 24.3 Å². The molecule has 0 fully saturated rings. The average molecular weight is 396 g/mol. The standard InChI is InChI=1S/C21H34ClN3O2/c1-6-25(7-2)14-10-11-17(5)23-21(27-15-16(3)4)24-20(26)18-12-8-9-13-19(18)22/h8-9,12-13,16-17H,6-7,10-11,14-15H2,1-5H3,(H,23,24,26)/t17-/m0/s1. The summed E-state index contributed by atoms with van der Waals surface area (Å²) in [6.07, 6.45) is 2.00. The molecule has 1 rings (SSSR count). The molecule has 0 saturated carbocycles. The smallest absolute Gasteiger partial charge is 0.291 e. The summed E-state index contributed by atoms with van der Waals surface area (Å²) < 4.78 is 5.74. The fraction of sp³-hybridized carbons (Fsp3) is 0.619. The molecule has 0 aliphatic rings. The highest BCUT2D eigenvalue weighted by atomic mass is 35.5. The van der Waals surface area contributed by atoms with Crippen LogP contribution < -0.4 is 5.32 Å². The van der Waals surface area contributed by atoms with Gasteiger partial charge in [-0.2, -0.15) is 0 Å². The molecule has 6 heteroatoms. The zero-order valence-corrected chi connectivity index (χ0v) is 18.1. The third-order valence-corrected chi connectivity index (χ3v) is 4.55. The summed E-state index contributed by atoms with van der Waals surface area (Å²) in [7, 11) is 0. The molecular formula is C21H34ClN3O2. The van der Waals surface area contributed by atoms with E-state index in [0.717, 1.165) is 32.5 Å². The Hall–Kier alpha value is -1.59. The number of nitrogens with zero attached hydrogens (tertiary/aromatic N) is 2. The second-order valence-corrected chi connectivity index (χ2v) is 7.50. The number of halogens is 1. The minimum Gasteiger partial charge on any atom is -0.465 e. The summed E-state index contributed by atoms with van der Waals surface area (Å²) in [5.74, 6) is 0.0313. The van der Waals surface area contributed by atoms with Crippen molar-refractivity contribution >= 4 is 23.5 Å². The lowest BCUT2D eigenvalue weighted by Gasteiger charge is -2.19. The van der Waals surface area contributed by atoms with Crippen LogP contribution >= 0.6 is 11.6 Å². The average Bonchev–Trinajstić information content (AvgIpc) is 2.63. The van der Waals surface area contributed by atoms with Crippen LogP contribution in [0.2, 0.25) is 5.02 Å². The highest BCUT2D eigenvalue weighted by Gasteiger charge is 2.14. The predicted molar refractivity (Wildman–Crippen MR) is 114 cm³/mol. The van der Waals surface area contributed by atoms with E-state index < -0.39 is 0 Å². The van der Waals surface area contributed by atoms with Crippen LogP contribution in [0.25, 0.3) is 0 Å². The maximum atomic E-state index is 12.5. The van der Waals surface area contributed by atoms with Crippen LogP contribution in [0.15, 0.2) is 29.3 Å². The zero-order valence-electron chi connectivity index (χ0n) is 17.3. The van der Waals surface area contributed by atoms with Gasteiger partial charge in [0.1, 0.15) is 0 Å². The van der Waals surface area contributed by atoms with Crippen molar-refractivity contribution in [1.29, 1.82) is 0 Å². The highest BCUT2D eigenvalue weighted by molar-refractivity contribution is 6.34. The molecule has 27 heavy (non-hydrogen) atoms. The van der Waals surface area contributed by atoms with Gasteiger partial charge in [-0.3, -0.25) is 10.1 Å². The van der Waals surface area contributed by atoms with Gasteiger partial charge in [-0.15, -0.1) is 0 Å². The minimum absolute atomic E-state index is 0.0641. The first-order valence-corrected chi connectivity index (χ1v) is 10.2. The lowest BCUT2D eigenvalue weighted by Crippen LogP contribution is -2.34. The Morgan fingerprint density at radius 1 is 1.22 bits per heavy atom. The molecule has 1 atom stereocenters. The van der Waals surface area contributed by atoms with Crippen molar-refractivity contribution in [2.24, 2.45) is 10.9 Å². The summed E-state index contributed by atoms with van der Waals surface area (Å²) in [5, 5.41) is 3.18. The van der Waals surface area contributed by atoms with Crippen LogP contribution in [0.3, 0.4) is 0 Å². The molecule has 0 heterocycles. The molecule has 0 saturated heterocycles. The van der Waals surface area contributed by atoms with Gasteiger partial charge in [0, 0.05) is 0 Å². The number of benzene rings is 1. The molecule has 0 radical (unpaired) electrons. The molecule has 0 aliphatic heterocycles.